The van der Waals surface area contributed by atoms with Crippen molar-refractivity contribution in [2.24, 2.45) is 0 Å². The van der Waals surface area contributed by atoms with Crippen LogP contribution < -0.4 is 15.0 Å². The third-order valence-electron chi connectivity index (χ3n) is 3.81. The lowest BCUT2D eigenvalue weighted by Gasteiger charge is -2.23. The predicted molar refractivity (Wildman–Crippen MR) is 104 cm³/mol. The molecule has 7 heteroatoms. The van der Waals surface area contributed by atoms with Crippen LogP contribution in [0.2, 0.25) is 5.02 Å². The standard InChI is InChI=1S/C19H22ClN3O3/c1-22(15-7-5-4-6-8-15)13-19(25)23(2)12-18(24)21-16-11-14(20)9-10-17(16)26-3/h4-11H,12-13H2,1-3H3,(H,21,24). The Morgan fingerprint density at radius 2 is 1.77 bits per heavy atom. The topological polar surface area (TPSA) is 61.9 Å². The van der Waals surface area contributed by atoms with Gasteiger partial charge in [0, 0.05) is 24.8 Å². The molecule has 0 aliphatic carbocycles. The number of nitrogens with one attached hydrogen (secondary N) is 1. The number of likely N-dealkylation sites (N-methyl/N-ethyl adjacent to an activating group) is 2. The van der Waals surface area contributed by atoms with Crippen LogP contribution in [0.4, 0.5) is 11.4 Å². The number of ether oxygens (including phenoxy) is 1. The van der Waals surface area contributed by atoms with Crippen molar-refractivity contribution in [3.63, 3.8) is 0 Å². The second kappa shape index (κ2) is 9.10. The Morgan fingerprint density at radius 3 is 2.42 bits per heavy atom. The van der Waals surface area contributed by atoms with Gasteiger partial charge in [0.1, 0.15) is 5.75 Å². The number of hydrogen-bond donors (Lipinski definition) is 1. The van der Waals surface area contributed by atoms with Crippen LogP contribution in [0.1, 0.15) is 0 Å². The van der Waals surface area contributed by atoms with Gasteiger partial charge in [-0.3, -0.25) is 9.59 Å². The molecule has 0 unspecified atom stereocenters. The number of para-hydroxylation sites is 1. The van der Waals surface area contributed by atoms with Crippen molar-refractivity contribution in [3.8, 4) is 5.75 Å². The average molecular weight is 376 g/mol. The summed E-state index contributed by atoms with van der Waals surface area (Å²) in [5, 5.41) is 3.20. The molecule has 2 amide bonds. The summed E-state index contributed by atoms with van der Waals surface area (Å²) >= 11 is 5.95. The second-order valence-electron chi connectivity index (χ2n) is 5.83. The molecule has 0 aliphatic heterocycles. The first-order valence-corrected chi connectivity index (χ1v) is 8.42. The molecule has 0 aliphatic rings. The Balaban J connectivity index is 1.92. The van der Waals surface area contributed by atoms with Crippen LogP contribution in [0.15, 0.2) is 48.5 Å². The molecular weight excluding hydrogens is 354 g/mol. The molecule has 0 bridgehead atoms. The van der Waals surface area contributed by atoms with Gasteiger partial charge in [-0.15, -0.1) is 0 Å². The van der Waals surface area contributed by atoms with Crippen molar-refractivity contribution in [3.05, 3.63) is 53.6 Å². The van der Waals surface area contributed by atoms with Crippen LogP contribution in [0.5, 0.6) is 5.75 Å². The predicted octanol–water partition coefficient (Wildman–Crippen LogP) is 2.88. The zero-order valence-electron chi connectivity index (χ0n) is 15.0. The van der Waals surface area contributed by atoms with Crippen LogP contribution in [0, 0.1) is 0 Å². The van der Waals surface area contributed by atoms with E-state index in [4.69, 9.17) is 16.3 Å². The highest BCUT2D eigenvalue weighted by Crippen LogP contribution is 2.27. The highest BCUT2D eigenvalue weighted by Gasteiger charge is 2.16. The third-order valence-corrected chi connectivity index (χ3v) is 4.05. The fraction of sp³-hybridized carbons (Fsp3) is 0.263. The van der Waals surface area contributed by atoms with E-state index in [0.717, 1.165) is 5.69 Å². The fourth-order valence-corrected chi connectivity index (χ4v) is 2.54. The molecule has 0 saturated carbocycles. The Hall–Kier alpha value is -2.73. The Labute approximate surface area is 158 Å². The number of amides is 2. The van der Waals surface area contributed by atoms with Crippen LogP contribution in [-0.4, -0.2) is 51.0 Å². The molecule has 0 fully saturated rings. The molecule has 0 atom stereocenters. The van der Waals surface area contributed by atoms with E-state index in [1.54, 1.807) is 25.2 Å². The summed E-state index contributed by atoms with van der Waals surface area (Å²) < 4.78 is 5.19. The number of anilines is 2. The molecule has 2 rings (SSSR count). The molecular formula is C19H22ClN3O3. The average Bonchev–Trinajstić information content (AvgIpc) is 2.62. The van der Waals surface area contributed by atoms with Crippen molar-refractivity contribution >= 4 is 34.8 Å². The van der Waals surface area contributed by atoms with Gasteiger partial charge in [-0.1, -0.05) is 29.8 Å². The van der Waals surface area contributed by atoms with E-state index in [9.17, 15) is 9.59 Å². The van der Waals surface area contributed by atoms with Crippen LogP contribution >= 0.6 is 11.6 Å². The molecule has 0 heterocycles. The van der Waals surface area contributed by atoms with E-state index >= 15 is 0 Å². The summed E-state index contributed by atoms with van der Waals surface area (Å²) in [6.45, 7) is 0.103. The Kier molecular flexibility index (Phi) is 6.86. The molecule has 2 aromatic rings. The van der Waals surface area contributed by atoms with Crippen molar-refractivity contribution in [1.29, 1.82) is 0 Å². The molecule has 0 spiro atoms. The van der Waals surface area contributed by atoms with Crippen molar-refractivity contribution in [1.82, 2.24) is 4.90 Å². The number of rotatable bonds is 7. The maximum Gasteiger partial charge on any atom is 0.244 e. The normalized spacial score (nSPS) is 10.2. The van der Waals surface area contributed by atoms with Gasteiger partial charge in [0.15, 0.2) is 0 Å². The lowest BCUT2D eigenvalue weighted by atomic mass is 10.3. The lowest BCUT2D eigenvalue weighted by Crippen LogP contribution is -2.40. The van der Waals surface area contributed by atoms with E-state index in [2.05, 4.69) is 5.32 Å². The first-order chi connectivity index (χ1) is 12.4. The van der Waals surface area contributed by atoms with Crippen LogP contribution in [0.25, 0.3) is 0 Å². The Morgan fingerprint density at radius 1 is 1.08 bits per heavy atom. The minimum Gasteiger partial charge on any atom is -0.495 e. The van der Waals surface area contributed by atoms with Gasteiger partial charge in [0.2, 0.25) is 11.8 Å². The Bertz CT molecular complexity index is 768. The summed E-state index contributed by atoms with van der Waals surface area (Å²) in [6, 6.07) is 14.5. The van der Waals surface area contributed by atoms with E-state index in [1.807, 2.05) is 42.3 Å². The number of hydrogen-bond acceptors (Lipinski definition) is 4. The van der Waals surface area contributed by atoms with Crippen LogP contribution in [0.3, 0.4) is 0 Å². The zero-order valence-corrected chi connectivity index (χ0v) is 15.8. The molecule has 0 saturated heterocycles. The minimum atomic E-state index is -0.330. The van der Waals surface area contributed by atoms with Crippen molar-refractivity contribution in [2.75, 3.05) is 44.5 Å². The fourth-order valence-electron chi connectivity index (χ4n) is 2.37. The second-order valence-corrected chi connectivity index (χ2v) is 6.27. The van der Waals surface area contributed by atoms with Crippen molar-refractivity contribution < 1.29 is 14.3 Å². The SMILES string of the molecule is COc1ccc(Cl)cc1NC(=O)CN(C)C(=O)CN(C)c1ccccc1. The summed E-state index contributed by atoms with van der Waals surface area (Å²) in [6.07, 6.45) is 0. The summed E-state index contributed by atoms with van der Waals surface area (Å²) in [5.41, 5.74) is 1.40. The molecule has 2 aromatic carbocycles. The summed E-state index contributed by atoms with van der Waals surface area (Å²) in [4.78, 5) is 27.8. The highest BCUT2D eigenvalue weighted by molar-refractivity contribution is 6.31. The van der Waals surface area contributed by atoms with Gasteiger partial charge in [-0.2, -0.15) is 0 Å². The summed E-state index contributed by atoms with van der Waals surface area (Å²) in [5.74, 6) is 0.00823. The molecule has 138 valence electrons. The van der Waals surface area contributed by atoms with E-state index in [1.165, 1.54) is 12.0 Å². The van der Waals surface area contributed by atoms with Gasteiger partial charge >= 0.3 is 0 Å². The number of methoxy groups -OCH3 is 1. The minimum absolute atomic E-state index is 0.0723. The van der Waals surface area contributed by atoms with Gasteiger partial charge < -0.3 is 19.9 Å². The van der Waals surface area contributed by atoms with Gasteiger partial charge in [0.25, 0.3) is 0 Å². The maximum absolute atomic E-state index is 12.4. The monoisotopic (exact) mass is 375 g/mol. The first kappa shape index (κ1) is 19.6. The van der Waals surface area contributed by atoms with Gasteiger partial charge in [-0.05, 0) is 30.3 Å². The quantitative estimate of drug-likeness (QED) is 0.808. The first-order valence-electron chi connectivity index (χ1n) is 8.04. The third kappa shape index (κ3) is 5.39. The highest BCUT2D eigenvalue weighted by atomic mass is 35.5. The van der Waals surface area contributed by atoms with E-state index in [-0.39, 0.29) is 24.9 Å². The molecule has 1 N–H and O–H groups in total. The number of halogens is 1. The number of benzene rings is 2. The molecule has 0 aromatic heterocycles. The van der Waals surface area contributed by atoms with E-state index in [0.29, 0.717) is 16.5 Å². The molecule has 0 radical (unpaired) electrons. The van der Waals surface area contributed by atoms with Crippen molar-refractivity contribution in [2.45, 2.75) is 0 Å². The van der Waals surface area contributed by atoms with Crippen LogP contribution in [-0.2, 0) is 9.59 Å². The van der Waals surface area contributed by atoms with Gasteiger partial charge in [0.05, 0.1) is 25.9 Å². The largest absolute Gasteiger partial charge is 0.495 e. The smallest absolute Gasteiger partial charge is 0.244 e. The van der Waals surface area contributed by atoms with Gasteiger partial charge in [-0.25, -0.2) is 0 Å². The number of carbonyl (C=O) groups is 2. The zero-order chi connectivity index (χ0) is 19.1. The molecule has 6 nitrogen and oxygen atoms in total. The summed E-state index contributed by atoms with van der Waals surface area (Å²) in [7, 11) is 4.93. The lowest BCUT2D eigenvalue weighted by molar-refractivity contribution is -0.132. The maximum atomic E-state index is 12.4. The molecule has 26 heavy (non-hydrogen) atoms. The van der Waals surface area contributed by atoms with E-state index < -0.39 is 0 Å². The number of nitrogens with zero attached hydrogens (tertiary/aromatic N) is 2. The number of carbonyl (C=O) groups excluding carboxylic acids is 2.